The number of anilines is 2. The minimum Gasteiger partial charge on any atom is -0.322 e. The Kier molecular flexibility index (Phi) is 5.67. The Balaban J connectivity index is 1.77. The van der Waals surface area contributed by atoms with Crippen LogP contribution in [0.1, 0.15) is 15.9 Å². The summed E-state index contributed by atoms with van der Waals surface area (Å²) in [5.41, 5.74) is 1.73. The molecule has 3 aromatic carbocycles. The minimum absolute atomic E-state index is 0.0729. The van der Waals surface area contributed by atoms with Gasteiger partial charge in [-0.15, -0.1) is 0 Å². The lowest BCUT2D eigenvalue weighted by atomic mass is 10.2. The van der Waals surface area contributed by atoms with Gasteiger partial charge in [0.1, 0.15) is 5.82 Å². The average Bonchev–Trinajstić information content (AvgIpc) is 2.63. The first-order chi connectivity index (χ1) is 13.2. The van der Waals surface area contributed by atoms with Crippen LogP contribution < -0.4 is 10.0 Å². The largest absolute Gasteiger partial charge is 0.322 e. The number of rotatable bonds is 5. The summed E-state index contributed by atoms with van der Waals surface area (Å²) in [7, 11) is -3.78. The first-order valence-corrected chi connectivity index (χ1v) is 10.1. The Morgan fingerprint density at radius 1 is 0.929 bits per heavy atom. The summed E-state index contributed by atoms with van der Waals surface area (Å²) in [6, 6.07) is 15.9. The molecule has 0 aromatic heterocycles. The van der Waals surface area contributed by atoms with E-state index in [0.717, 1.165) is 5.56 Å². The highest BCUT2D eigenvalue weighted by atomic mass is 35.5. The van der Waals surface area contributed by atoms with Gasteiger partial charge in [-0.3, -0.25) is 9.52 Å². The Bertz CT molecular complexity index is 1120. The van der Waals surface area contributed by atoms with Crippen molar-refractivity contribution >= 4 is 38.9 Å². The smallest absolute Gasteiger partial charge is 0.261 e. The summed E-state index contributed by atoms with van der Waals surface area (Å²) in [5.74, 6) is -0.911. The van der Waals surface area contributed by atoms with Crippen LogP contribution in [-0.4, -0.2) is 14.3 Å². The standard InChI is InChI=1S/C20H16ClFN2O3S/c1-13-2-9-17(10-3-13)28(26,27)24-16-8-11-18(19(21)12-16)20(25)23-15-6-4-14(22)5-7-15/h2-12,24H,1H3,(H,23,25). The molecule has 3 aromatic rings. The van der Waals surface area contributed by atoms with Gasteiger partial charge in [-0.25, -0.2) is 12.8 Å². The van der Waals surface area contributed by atoms with Gasteiger partial charge in [0, 0.05) is 5.69 Å². The molecule has 5 nitrogen and oxygen atoms in total. The lowest BCUT2D eigenvalue weighted by Crippen LogP contribution is -2.15. The molecule has 0 unspecified atom stereocenters. The predicted octanol–water partition coefficient (Wildman–Crippen LogP) is 4.84. The summed E-state index contributed by atoms with van der Waals surface area (Å²) in [6.45, 7) is 1.86. The van der Waals surface area contributed by atoms with Crippen molar-refractivity contribution in [3.05, 3.63) is 88.7 Å². The number of carbonyl (C=O) groups excluding carboxylic acids is 1. The number of sulfonamides is 1. The zero-order chi connectivity index (χ0) is 20.3. The second-order valence-corrected chi connectivity index (χ2v) is 8.16. The van der Waals surface area contributed by atoms with Gasteiger partial charge in [-0.05, 0) is 61.5 Å². The molecule has 8 heteroatoms. The summed E-state index contributed by atoms with van der Waals surface area (Å²) >= 11 is 6.16. The third-order valence-corrected chi connectivity index (χ3v) is 5.61. The number of hydrogen-bond donors (Lipinski definition) is 2. The highest BCUT2D eigenvalue weighted by molar-refractivity contribution is 7.92. The maximum absolute atomic E-state index is 12.9. The van der Waals surface area contributed by atoms with E-state index in [0.29, 0.717) is 5.69 Å². The van der Waals surface area contributed by atoms with E-state index in [2.05, 4.69) is 10.0 Å². The molecular weight excluding hydrogens is 403 g/mol. The molecule has 0 fully saturated rings. The van der Waals surface area contributed by atoms with Crippen molar-refractivity contribution in [3.63, 3.8) is 0 Å². The zero-order valence-electron chi connectivity index (χ0n) is 14.7. The van der Waals surface area contributed by atoms with Crippen LogP contribution in [0, 0.1) is 12.7 Å². The minimum atomic E-state index is -3.78. The van der Waals surface area contributed by atoms with E-state index >= 15 is 0 Å². The maximum atomic E-state index is 12.9. The van der Waals surface area contributed by atoms with E-state index in [1.54, 1.807) is 12.1 Å². The van der Waals surface area contributed by atoms with Crippen LogP contribution in [0.3, 0.4) is 0 Å². The molecule has 1 amide bonds. The van der Waals surface area contributed by atoms with Crippen molar-refractivity contribution in [2.24, 2.45) is 0 Å². The molecule has 3 rings (SSSR count). The SMILES string of the molecule is Cc1ccc(S(=O)(=O)Nc2ccc(C(=O)Nc3ccc(F)cc3)c(Cl)c2)cc1. The molecule has 0 spiro atoms. The van der Waals surface area contributed by atoms with Gasteiger partial charge in [0.2, 0.25) is 0 Å². The Labute approximate surface area is 167 Å². The molecule has 2 N–H and O–H groups in total. The third-order valence-electron chi connectivity index (χ3n) is 3.90. The molecule has 0 aliphatic carbocycles. The zero-order valence-corrected chi connectivity index (χ0v) is 16.3. The number of hydrogen-bond acceptors (Lipinski definition) is 3. The number of halogens is 2. The van der Waals surface area contributed by atoms with Crippen LogP contribution in [0.4, 0.5) is 15.8 Å². The fraction of sp³-hybridized carbons (Fsp3) is 0.0500. The highest BCUT2D eigenvalue weighted by Gasteiger charge is 2.16. The lowest BCUT2D eigenvalue weighted by molar-refractivity contribution is 0.102. The van der Waals surface area contributed by atoms with Crippen molar-refractivity contribution in [1.29, 1.82) is 0 Å². The Morgan fingerprint density at radius 3 is 2.14 bits per heavy atom. The summed E-state index contributed by atoms with van der Waals surface area (Å²) in [6.07, 6.45) is 0. The molecule has 0 atom stereocenters. The van der Waals surface area contributed by atoms with Crippen molar-refractivity contribution in [2.75, 3.05) is 10.0 Å². The van der Waals surface area contributed by atoms with Crippen molar-refractivity contribution in [3.8, 4) is 0 Å². The van der Waals surface area contributed by atoms with Gasteiger partial charge in [0.15, 0.2) is 0 Å². The van der Waals surface area contributed by atoms with Crippen molar-refractivity contribution in [1.82, 2.24) is 0 Å². The summed E-state index contributed by atoms with van der Waals surface area (Å²) in [5, 5.41) is 2.67. The molecule has 28 heavy (non-hydrogen) atoms. The van der Waals surface area contributed by atoms with Crippen LogP contribution >= 0.6 is 11.6 Å². The second-order valence-electron chi connectivity index (χ2n) is 6.07. The van der Waals surface area contributed by atoms with Gasteiger partial charge in [-0.1, -0.05) is 29.3 Å². The predicted molar refractivity (Wildman–Crippen MR) is 108 cm³/mol. The molecular formula is C20H16ClFN2O3S. The van der Waals surface area contributed by atoms with E-state index in [-0.39, 0.29) is 21.2 Å². The van der Waals surface area contributed by atoms with Crippen LogP contribution in [0.2, 0.25) is 5.02 Å². The quantitative estimate of drug-likeness (QED) is 0.622. The van der Waals surface area contributed by atoms with Gasteiger partial charge in [0.05, 0.1) is 21.2 Å². The van der Waals surface area contributed by atoms with Crippen LogP contribution in [-0.2, 0) is 10.0 Å². The number of amides is 1. The van der Waals surface area contributed by atoms with Crippen molar-refractivity contribution < 1.29 is 17.6 Å². The molecule has 0 saturated heterocycles. The topological polar surface area (TPSA) is 75.3 Å². The lowest BCUT2D eigenvalue weighted by Gasteiger charge is -2.11. The maximum Gasteiger partial charge on any atom is 0.261 e. The second kappa shape index (κ2) is 8.00. The number of carbonyl (C=O) groups is 1. The van der Waals surface area contributed by atoms with Crippen LogP contribution in [0.25, 0.3) is 0 Å². The van der Waals surface area contributed by atoms with E-state index < -0.39 is 21.7 Å². The number of benzene rings is 3. The monoisotopic (exact) mass is 418 g/mol. The van der Waals surface area contributed by atoms with Gasteiger partial charge >= 0.3 is 0 Å². The third kappa shape index (κ3) is 4.68. The number of aryl methyl sites for hydroxylation is 1. The highest BCUT2D eigenvalue weighted by Crippen LogP contribution is 2.24. The number of nitrogens with one attached hydrogen (secondary N) is 2. The van der Waals surface area contributed by atoms with E-state index in [9.17, 15) is 17.6 Å². The van der Waals surface area contributed by atoms with E-state index in [4.69, 9.17) is 11.6 Å². The molecule has 0 bridgehead atoms. The molecule has 144 valence electrons. The van der Waals surface area contributed by atoms with Crippen LogP contribution in [0.5, 0.6) is 0 Å². The fourth-order valence-electron chi connectivity index (χ4n) is 2.43. The summed E-state index contributed by atoms with van der Waals surface area (Å²) < 4.78 is 40.3. The Hall–Kier alpha value is -2.90. The first kappa shape index (κ1) is 19.9. The summed E-state index contributed by atoms with van der Waals surface area (Å²) in [4.78, 5) is 12.5. The Morgan fingerprint density at radius 2 is 1.54 bits per heavy atom. The molecule has 0 aliphatic heterocycles. The first-order valence-electron chi connectivity index (χ1n) is 8.20. The molecule has 0 radical (unpaired) electrons. The van der Waals surface area contributed by atoms with Gasteiger partial charge < -0.3 is 5.32 Å². The fourth-order valence-corrected chi connectivity index (χ4v) is 3.74. The van der Waals surface area contributed by atoms with Crippen molar-refractivity contribution in [2.45, 2.75) is 11.8 Å². The van der Waals surface area contributed by atoms with Gasteiger partial charge in [-0.2, -0.15) is 0 Å². The van der Waals surface area contributed by atoms with E-state index in [1.807, 2.05) is 6.92 Å². The normalized spacial score (nSPS) is 11.1. The van der Waals surface area contributed by atoms with E-state index in [1.165, 1.54) is 54.6 Å². The molecule has 0 saturated carbocycles. The average molecular weight is 419 g/mol. The van der Waals surface area contributed by atoms with Crippen LogP contribution in [0.15, 0.2) is 71.6 Å². The molecule has 0 heterocycles. The van der Waals surface area contributed by atoms with Gasteiger partial charge in [0.25, 0.3) is 15.9 Å². The molecule has 0 aliphatic rings.